The molecule has 98 valence electrons. The van der Waals surface area contributed by atoms with Crippen LogP contribution in [0.5, 0.6) is 0 Å². The van der Waals surface area contributed by atoms with Gasteiger partial charge in [-0.25, -0.2) is 0 Å². The largest absolute Gasteiger partial charge is 0.257 e. The number of nitrogens with zero attached hydrogens (tertiary/aromatic N) is 1. The van der Waals surface area contributed by atoms with E-state index in [-0.39, 0.29) is 0 Å². The molecule has 0 radical (unpaired) electrons. The molecule has 1 rings (SSSR count). The Morgan fingerprint density at radius 3 is 1.94 bits per heavy atom. The first-order valence-electron chi connectivity index (χ1n) is 6.49. The molecule has 1 aromatic rings. The second-order valence-electron chi connectivity index (χ2n) is 2.38. The van der Waals surface area contributed by atoms with Crippen molar-refractivity contribution < 1.29 is 0 Å². The summed E-state index contributed by atoms with van der Waals surface area (Å²) in [4.78, 5) is 4.07. The Morgan fingerprint density at radius 2 is 1.59 bits per heavy atom. The summed E-state index contributed by atoms with van der Waals surface area (Å²) in [5.41, 5.74) is 1.11. The van der Waals surface area contributed by atoms with Gasteiger partial charge in [0.05, 0.1) is 5.35 Å². The highest BCUT2D eigenvalue weighted by Gasteiger charge is 1.84. The first-order chi connectivity index (χ1) is 8.25. The molecular weight excluding hydrogens is 206 g/mol. The van der Waals surface area contributed by atoms with Crippen LogP contribution in [-0.2, 0) is 0 Å². The molecule has 0 atom stereocenters. The van der Waals surface area contributed by atoms with E-state index in [1.807, 2.05) is 66.7 Å². The molecule has 17 heavy (non-hydrogen) atoms. The minimum atomic E-state index is 0.810. The van der Waals surface area contributed by atoms with Crippen molar-refractivity contribution in [2.45, 2.75) is 48.5 Å². The van der Waals surface area contributed by atoms with E-state index in [2.05, 4.69) is 18.1 Å². The lowest BCUT2D eigenvalue weighted by Crippen LogP contribution is -2.27. The van der Waals surface area contributed by atoms with Gasteiger partial charge in [0, 0.05) is 11.4 Å². The van der Waals surface area contributed by atoms with Crippen molar-refractivity contribution in [2.75, 3.05) is 0 Å². The summed E-state index contributed by atoms with van der Waals surface area (Å²) < 4.78 is 0. The molecule has 1 nitrogen and oxygen atoms in total. The average Bonchev–Trinajstić information content (AvgIpc) is 2.45. The van der Waals surface area contributed by atoms with Crippen molar-refractivity contribution in [2.24, 2.45) is 0 Å². The van der Waals surface area contributed by atoms with Crippen molar-refractivity contribution >= 4 is 12.2 Å². The Morgan fingerprint density at radius 1 is 1.12 bits per heavy atom. The smallest absolute Gasteiger partial charge is 0.0632 e. The van der Waals surface area contributed by atoms with Crippen LogP contribution in [0.25, 0.3) is 12.2 Å². The molecule has 0 bridgehead atoms. The highest BCUT2D eigenvalue weighted by Crippen LogP contribution is 1.86. The van der Waals surface area contributed by atoms with Crippen molar-refractivity contribution in [1.82, 2.24) is 4.98 Å². The molecule has 0 unspecified atom stereocenters. The van der Waals surface area contributed by atoms with Gasteiger partial charge in [-0.05, 0) is 18.6 Å². The molecule has 0 saturated heterocycles. The minimum Gasteiger partial charge on any atom is -0.257 e. The first kappa shape index (κ1) is 21.0. The highest BCUT2D eigenvalue weighted by molar-refractivity contribution is 5.52. The van der Waals surface area contributed by atoms with Gasteiger partial charge in [-0.3, -0.25) is 4.98 Å². The van der Waals surface area contributed by atoms with Crippen LogP contribution in [0.1, 0.15) is 48.5 Å². The summed E-state index contributed by atoms with van der Waals surface area (Å²) in [6.45, 7) is 21.5. The topological polar surface area (TPSA) is 12.9 Å². The molecule has 1 heterocycles. The molecule has 0 aliphatic carbocycles. The molecule has 1 aromatic heterocycles. The third kappa shape index (κ3) is 9.55. The first-order valence-corrected chi connectivity index (χ1v) is 6.49. The third-order valence-corrected chi connectivity index (χ3v) is 1.62. The number of pyridine rings is 1. The van der Waals surface area contributed by atoms with E-state index in [0.29, 0.717) is 0 Å². The SMILES string of the molecule is C=C/C(C)=c1/cccnc1=C.CC.CC.CC. The number of allylic oxidation sites excluding steroid dienone is 1. The lowest BCUT2D eigenvalue weighted by Gasteiger charge is -1.90. The molecular formula is C16H29N. The van der Waals surface area contributed by atoms with Gasteiger partial charge in [0.25, 0.3) is 0 Å². The Labute approximate surface area is 108 Å². The maximum atomic E-state index is 4.07. The van der Waals surface area contributed by atoms with Gasteiger partial charge in [-0.2, -0.15) is 0 Å². The zero-order valence-electron chi connectivity index (χ0n) is 12.7. The van der Waals surface area contributed by atoms with Gasteiger partial charge in [0.2, 0.25) is 0 Å². The van der Waals surface area contributed by atoms with Gasteiger partial charge < -0.3 is 0 Å². The second kappa shape index (κ2) is 17.0. The summed E-state index contributed by atoms with van der Waals surface area (Å²) in [5.74, 6) is 0. The fraction of sp³-hybridized carbons (Fsp3) is 0.438. The minimum absolute atomic E-state index is 0.810. The van der Waals surface area contributed by atoms with Crippen molar-refractivity contribution in [3.05, 3.63) is 41.6 Å². The third-order valence-electron chi connectivity index (χ3n) is 1.62. The van der Waals surface area contributed by atoms with Crippen LogP contribution in [0.15, 0.2) is 31.0 Å². The fourth-order valence-corrected chi connectivity index (χ4v) is 0.907. The van der Waals surface area contributed by atoms with E-state index < -0.39 is 0 Å². The van der Waals surface area contributed by atoms with Crippen molar-refractivity contribution in [3.8, 4) is 0 Å². The Kier molecular flexibility index (Phi) is 21.0. The number of aromatic nitrogens is 1. The normalized spacial score (nSPS) is 9.12. The number of hydrogen-bond donors (Lipinski definition) is 0. The lowest BCUT2D eigenvalue weighted by atomic mass is 10.2. The van der Waals surface area contributed by atoms with E-state index in [4.69, 9.17) is 0 Å². The van der Waals surface area contributed by atoms with E-state index in [0.717, 1.165) is 16.1 Å². The van der Waals surface area contributed by atoms with E-state index in [9.17, 15) is 0 Å². The maximum absolute atomic E-state index is 4.07. The Hall–Kier alpha value is -1.37. The van der Waals surface area contributed by atoms with Gasteiger partial charge in [0.15, 0.2) is 0 Å². The molecule has 0 amide bonds. The maximum Gasteiger partial charge on any atom is 0.0632 e. The van der Waals surface area contributed by atoms with E-state index in [1.54, 1.807) is 6.20 Å². The van der Waals surface area contributed by atoms with Gasteiger partial charge in [-0.15, -0.1) is 0 Å². The zero-order chi connectivity index (χ0) is 14.3. The quantitative estimate of drug-likeness (QED) is 0.719. The van der Waals surface area contributed by atoms with Crippen molar-refractivity contribution in [1.29, 1.82) is 0 Å². The predicted molar refractivity (Wildman–Crippen MR) is 82.3 cm³/mol. The number of rotatable bonds is 1. The fourth-order valence-electron chi connectivity index (χ4n) is 0.907. The Bertz CT molecular complexity index is 363. The van der Waals surface area contributed by atoms with Crippen LogP contribution < -0.4 is 10.6 Å². The molecule has 0 fully saturated rings. The Balaban J connectivity index is -0.000000285. The van der Waals surface area contributed by atoms with Crippen LogP contribution >= 0.6 is 0 Å². The molecule has 0 N–H and O–H groups in total. The van der Waals surface area contributed by atoms with Crippen LogP contribution in [0.2, 0.25) is 0 Å². The average molecular weight is 235 g/mol. The highest BCUT2D eigenvalue weighted by atomic mass is 14.6. The number of hydrogen-bond acceptors (Lipinski definition) is 1. The zero-order valence-corrected chi connectivity index (χ0v) is 12.7. The van der Waals surface area contributed by atoms with E-state index in [1.165, 1.54) is 0 Å². The summed E-state index contributed by atoms with van der Waals surface area (Å²) in [6, 6.07) is 3.89. The van der Waals surface area contributed by atoms with Gasteiger partial charge in [0.1, 0.15) is 0 Å². The summed E-state index contributed by atoms with van der Waals surface area (Å²) >= 11 is 0. The van der Waals surface area contributed by atoms with Gasteiger partial charge >= 0.3 is 0 Å². The van der Waals surface area contributed by atoms with Crippen LogP contribution in [-0.4, -0.2) is 4.98 Å². The van der Waals surface area contributed by atoms with E-state index >= 15 is 0 Å². The molecule has 1 heteroatoms. The summed E-state index contributed by atoms with van der Waals surface area (Å²) in [6.07, 6.45) is 3.55. The standard InChI is InChI=1S/C10H11N.3C2H6/c1-4-8(2)10-6-5-7-11-9(10)3;3*1-2/h4-7H,1,3H2,2H3;3*1-2H3/b10-8-;;;. The lowest BCUT2D eigenvalue weighted by molar-refractivity contribution is 1.22. The molecule has 0 aliphatic heterocycles. The predicted octanol–water partition coefficient (Wildman–Crippen LogP) is 3.93. The van der Waals surface area contributed by atoms with Crippen molar-refractivity contribution in [3.63, 3.8) is 0 Å². The monoisotopic (exact) mass is 235 g/mol. The van der Waals surface area contributed by atoms with Gasteiger partial charge in [-0.1, -0.05) is 66.8 Å². The second-order valence-corrected chi connectivity index (χ2v) is 2.38. The molecule has 0 aromatic carbocycles. The van der Waals surface area contributed by atoms with Crippen LogP contribution in [0, 0.1) is 0 Å². The van der Waals surface area contributed by atoms with Crippen LogP contribution in [0.4, 0.5) is 0 Å². The molecule has 0 aliphatic rings. The van der Waals surface area contributed by atoms with Crippen LogP contribution in [0.3, 0.4) is 0 Å². The molecule has 0 saturated carbocycles. The summed E-state index contributed by atoms with van der Waals surface area (Å²) in [5, 5.41) is 1.88. The summed E-state index contributed by atoms with van der Waals surface area (Å²) in [7, 11) is 0. The molecule has 0 spiro atoms.